The molecular formula is C15H21N3O2. The van der Waals surface area contributed by atoms with E-state index in [9.17, 15) is 9.59 Å². The van der Waals surface area contributed by atoms with E-state index in [-0.39, 0.29) is 11.9 Å². The largest absolute Gasteiger partial charge is 0.366 e. The van der Waals surface area contributed by atoms with Crippen molar-refractivity contribution in [1.82, 2.24) is 10.2 Å². The van der Waals surface area contributed by atoms with Gasteiger partial charge in [-0.1, -0.05) is 6.07 Å². The zero-order valence-corrected chi connectivity index (χ0v) is 11.8. The SMILES string of the molecule is CNCC1CCCCN1C(=O)c1cccc(C(N)=O)c1. The molecule has 108 valence electrons. The molecule has 0 bridgehead atoms. The number of primary amides is 1. The molecule has 1 aliphatic heterocycles. The molecule has 1 atom stereocenters. The lowest BCUT2D eigenvalue weighted by Gasteiger charge is -2.35. The number of carbonyl (C=O) groups excluding carboxylic acids is 2. The predicted octanol–water partition coefficient (Wildman–Crippen LogP) is 1.000. The third kappa shape index (κ3) is 3.17. The molecule has 2 rings (SSSR count). The van der Waals surface area contributed by atoms with E-state index < -0.39 is 5.91 Å². The molecular weight excluding hydrogens is 254 g/mol. The highest BCUT2D eigenvalue weighted by Crippen LogP contribution is 2.19. The molecule has 5 heteroatoms. The average Bonchev–Trinajstić information content (AvgIpc) is 2.47. The Bertz CT molecular complexity index is 500. The van der Waals surface area contributed by atoms with Gasteiger partial charge in [-0.05, 0) is 44.5 Å². The predicted molar refractivity (Wildman–Crippen MR) is 77.6 cm³/mol. The van der Waals surface area contributed by atoms with Crippen molar-refractivity contribution in [3.05, 3.63) is 35.4 Å². The number of likely N-dealkylation sites (N-methyl/N-ethyl adjacent to an activating group) is 1. The van der Waals surface area contributed by atoms with Gasteiger partial charge in [0.15, 0.2) is 0 Å². The minimum Gasteiger partial charge on any atom is -0.366 e. The summed E-state index contributed by atoms with van der Waals surface area (Å²) in [6, 6.07) is 6.86. The van der Waals surface area contributed by atoms with Gasteiger partial charge in [0, 0.05) is 30.3 Å². The number of likely N-dealkylation sites (tertiary alicyclic amines) is 1. The molecule has 0 spiro atoms. The fourth-order valence-corrected chi connectivity index (χ4v) is 2.69. The standard InChI is InChI=1S/C15H21N3O2/c1-17-10-13-7-2-3-8-18(13)15(20)12-6-4-5-11(9-12)14(16)19/h4-6,9,13,17H,2-3,7-8,10H2,1H3,(H2,16,19). The molecule has 1 aromatic rings. The zero-order valence-electron chi connectivity index (χ0n) is 11.8. The van der Waals surface area contributed by atoms with Gasteiger partial charge in [0.2, 0.25) is 5.91 Å². The second kappa shape index (κ2) is 6.52. The number of rotatable bonds is 4. The third-order valence-electron chi connectivity index (χ3n) is 3.72. The summed E-state index contributed by atoms with van der Waals surface area (Å²) in [7, 11) is 1.89. The maximum absolute atomic E-state index is 12.6. The second-order valence-electron chi connectivity index (χ2n) is 5.15. The summed E-state index contributed by atoms with van der Waals surface area (Å²) in [5.41, 5.74) is 6.17. The van der Waals surface area contributed by atoms with Crippen LogP contribution in [0.15, 0.2) is 24.3 Å². The first-order valence-electron chi connectivity index (χ1n) is 6.99. The highest BCUT2D eigenvalue weighted by molar-refractivity contribution is 5.99. The molecule has 2 amide bonds. The molecule has 1 fully saturated rings. The second-order valence-corrected chi connectivity index (χ2v) is 5.15. The Morgan fingerprint density at radius 1 is 1.35 bits per heavy atom. The van der Waals surface area contributed by atoms with Crippen molar-refractivity contribution in [2.75, 3.05) is 20.1 Å². The minimum absolute atomic E-state index is 0.0203. The summed E-state index contributed by atoms with van der Waals surface area (Å²) in [6.45, 7) is 1.56. The van der Waals surface area contributed by atoms with E-state index in [2.05, 4.69) is 5.32 Å². The topological polar surface area (TPSA) is 75.4 Å². The quantitative estimate of drug-likeness (QED) is 0.860. The first-order chi connectivity index (χ1) is 9.63. The molecule has 1 aliphatic rings. The van der Waals surface area contributed by atoms with E-state index in [1.54, 1.807) is 24.3 Å². The van der Waals surface area contributed by atoms with Crippen molar-refractivity contribution in [2.24, 2.45) is 5.73 Å². The van der Waals surface area contributed by atoms with Gasteiger partial charge in [-0.25, -0.2) is 0 Å². The van der Waals surface area contributed by atoms with E-state index in [0.29, 0.717) is 11.1 Å². The van der Waals surface area contributed by atoms with Crippen LogP contribution in [0.25, 0.3) is 0 Å². The summed E-state index contributed by atoms with van der Waals surface area (Å²) in [5, 5.41) is 3.14. The number of carbonyl (C=O) groups is 2. The normalized spacial score (nSPS) is 18.9. The van der Waals surface area contributed by atoms with E-state index in [0.717, 1.165) is 32.4 Å². The molecule has 1 aromatic carbocycles. The van der Waals surface area contributed by atoms with Gasteiger partial charge in [0.05, 0.1) is 0 Å². The van der Waals surface area contributed by atoms with Gasteiger partial charge in [-0.15, -0.1) is 0 Å². The van der Waals surface area contributed by atoms with Gasteiger partial charge in [0.25, 0.3) is 5.91 Å². The first kappa shape index (κ1) is 14.5. The van der Waals surface area contributed by atoms with Crippen LogP contribution in [0.1, 0.15) is 40.0 Å². The number of benzene rings is 1. The van der Waals surface area contributed by atoms with E-state index in [1.807, 2.05) is 11.9 Å². The Morgan fingerprint density at radius 3 is 2.80 bits per heavy atom. The van der Waals surface area contributed by atoms with E-state index >= 15 is 0 Å². The maximum atomic E-state index is 12.6. The van der Waals surface area contributed by atoms with Gasteiger partial charge in [-0.3, -0.25) is 9.59 Å². The average molecular weight is 275 g/mol. The van der Waals surface area contributed by atoms with Gasteiger partial charge in [0.1, 0.15) is 0 Å². The Hall–Kier alpha value is -1.88. The lowest BCUT2D eigenvalue weighted by Crippen LogP contribution is -2.48. The van der Waals surface area contributed by atoms with Crippen molar-refractivity contribution in [3.63, 3.8) is 0 Å². The van der Waals surface area contributed by atoms with Crippen molar-refractivity contribution >= 4 is 11.8 Å². The number of nitrogens with one attached hydrogen (secondary N) is 1. The molecule has 0 saturated carbocycles. The third-order valence-corrected chi connectivity index (χ3v) is 3.72. The summed E-state index contributed by atoms with van der Waals surface area (Å²) >= 11 is 0. The van der Waals surface area contributed by atoms with Crippen LogP contribution in [-0.2, 0) is 0 Å². The number of nitrogens with two attached hydrogens (primary N) is 1. The van der Waals surface area contributed by atoms with Gasteiger partial charge < -0.3 is 16.0 Å². The molecule has 5 nitrogen and oxygen atoms in total. The summed E-state index contributed by atoms with van der Waals surface area (Å²) < 4.78 is 0. The van der Waals surface area contributed by atoms with Gasteiger partial charge >= 0.3 is 0 Å². The van der Waals surface area contributed by atoms with Crippen molar-refractivity contribution in [1.29, 1.82) is 0 Å². The van der Waals surface area contributed by atoms with Crippen LogP contribution in [0.5, 0.6) is 0 Å². The summed E-state index contributed by atoms with van der Waals surface area (Å²) in [5.74, 6) is -0.530. The van der Waals surface area contributed by atoms with Crippen molar-refractivity contribution in [2.45, 2.75) is 25.3 Å². The van der Waals surface area contributed by atoms with Crippen LogP contribution in [0.2, 0.25) is 0 Å². The molecule has 0 aliphatic carbocycles. The smallest absolute Gasteiger partial charge is 0.254 e. The monoisotopic (exact) mass is 275 g/mol. The van der Waals surface area contributed by atoms with Crippen LogP contribution < -0.4 is 11.1 Å². The van der Waals surface area contributed by atoms with Crippen molar-refractivity contribution < 1.29 is 9.59 Å². The van der Waals surface area contributed by atoms with Gasteiger partial charge in [-0.2, -0.15) is 0 Å². The molecule has 20 heavy (non-hydrogen) atoms. The first-order valence-corrected chi connectivity index (χ1v) is 6.99. The zero-order chi connectivity index (χ0) is 14.5. The van der Waals surface area contributed by atoms with Crippen LogP contribution in [0, 0.1) is 0 Å². The molecule has 1 heterocycles. The summed E-state index contributed by atoms with van der Waals surface area (Å²) in [6.07, 6.45) is 3.20. The van der Waals surface area contributed by atoms with Crippen LogP contribution in [0.4, 0.5) is 0 Å². The van der Waals surface area contributed by atoms with E-state index in [1.165, 1.54) is 0 Å². The Balaban J connectivity index is 2.20. The Kier molecular flexibility index (Phi) is 4.74. The van der Waals surface area contributed by atoms with Crippen LogP contribution in [-0.4, -0.2) is 42.9 Å². The lowest BCUT2D eigenvalue weighted by molar-refractivity contribution is 0.0615. The number of hydrogen-bond acceptors (Lipinski definition) is 3. The summed E-state index contributed by atoms with van der Waals surface area (Å²) in [4.78, 5) is 25.7. The van der Waals surface area contributed by atoms with Crippen molar-refractivity contribution in [3.8, 4) is 0 Å². The number of piperidine rings is 1. The number of hydrogen-bond donors (Lipinski definition) is 2. The fourth-order valence-electron chi connectivity index (χ4n) is 2.69. The maximum Gasteiger partial charge on any atom is 0.254 e. The highest BCUT2D eigenvalue weighted by atomic mass is 16.2. The number of nitrogens with zero attached hydrogens (tertiary/aromatic N) is 1. The molecule has 1 unspecified atom stereocenters. The van der Waals surface area contributed by atoms with Crippen LogP contribution in [0.3, 0.4) is 0 Å². The molecule has 1 saturated heterocycles. The molecule has 0 radical (unpaired) electrons. The molecule has 0 aromatic heterocycles. The Labute approximate surface area is 119 Å². The Morgan fingerprint density at radius 2 is 2.10 bits per heavy atom. The van der Waals surface area contributed by atoms with E-state index in [4.69, 9.17) is 5.73 Å². The highest BCUT2D eigenvalue weighted by Gasteiger charge is 2.27. The fraction of sp³-hybridized carbons (Fsp3) is 0.467. The number of amides is 2. The molecule has 3 N–H and O–H groups in total. The lowest BCUT2D eigenvalue weighted by atomic mass is 10.00. The van der Waals surface area contributed by atoms with Crippen LogP contribution >= 0.6 is 0 Å². The minimum atomic E-state index is -0.509.